The average molecular weight is 228 g/mol. The van der Waals surface area contributed by atoms with E-state index in [4.69, 9.17) is 17.3 Å². The van der Waals surface area contributed by atoms with Crippen molar-refractivity contribution in [3.05, 3.63) is 29.3 Å². The molecule has 0 aliphatic carbocycles. The Morgan fingerprint density at radius 1 is 1.33 bits per heavy atom. The van der Waals surface area contributed by atoms with Crippen LogP contribution in [0.4, 0.5) is 10.5 Å². The molecule has 0 heterocycles. The van der Waals surface area contributed by atoms with Crippen LogP contribution >= 0.6 is 11.6 Å². The average Bonchev–Trinajstić information content (AvgIpc) is 2.15. The van der Waals surface area contributed by atoms with Crippen molar-refractivity contribution in [1.82, 2.24) is 5.32 Å². The minimum atomic E-state index is -0.874. The molecule has 1 aromatic rings. The Hall–Kier alpha value is -1.75. The van der Waals surface area contributed by atoms with E-state index in [1.54, 1.807) is 24.3 Å². The van der Waals surface area contributed by atoms with E-state index in [1.807, 2.05) is 5.32 Å². The Labute approximate surface area is 91.6 Å². The molecule has 0 spiro atoms. The van der Waals surface area contributed by atoms with Crippen LogP contribution in [0.5, 0.6) is 0 Å². The fraction of sp³-hybridized carbons (Fsp3) is 0.111. The van der Waals surface area contributed by atoms with Gasteiger partial charge in [-0.05, 0) is 12.1 Å². The van der Waals surface area contributed by atoms with Crippen LogP contribution in [0.15, 0.2) is 24.3 Å². The summed E-state index contributed by atoms with van der Waals surface area (Å²) in [5.41, 5.74) is 5.39. The van der Waals surface area contributed by atoms with Gasteiger partial charge in [-0.15, -0.1) is 0 Å². The normalized spacial score (nSPS) is 9.40. The predicted octanol–water partition coefficient (Wildman–Crippen LogP) is 0.947. The van der Waals surface area contributed by atoms with Gasteiger partial charge in [0.1, 0.15) is 0 Å². The van der Waals surface area contributed by atoms with Crippen LogP contribution in [-0.4, -0.2) is 18.5 Å². The molecule has 0 atom stereocenters. The van der Waals surface area contributed by atoms with Gasteiger partial charge < -0.3 is 11.1 Å². The highest BCUT2D eigenvalue weighted by molar-refractivity contribution is 6.33. The number of nitrogens with one attached hydrogen (secondary N) is 2. The molecule has 3 amide bonds. The maximum Gasteiger partial charge on any atom is 0.318 e. The lowest BCUT2D eigenvalue weighted by atomic mass is 10.3. The zero-order valence-electron chi connectivity index (χ0n) is 7.79. The van der Waals surface area contributed by atoms with Gasteiger partial charge in [-0.2, -0.15) is 0 Å². The summed E-state index contributed by atoms with van der Waals surface area (Å²) in [5.74, 6) is -0.512. The molecule has 15 heavy (non-hydrogen) atoms. The van der Waals surface area contributed by atoms with Crippen LogP contribution < -0.4 is 16.4 Å². The van der Waals surface area contributed by atoms with Crippen LogP contribution in [-0.2, 0) is 4.79 Å². The first-order valence-corrected chi connectivity index (χ1v) is 4.55. The first-order chi connectivity index (χ1) is 7.09. The van der Waals surface area contributed by atoms with Crippen molar-refractivity contribution in [2.75, 3.05) is 11.9 Å². The number of amides is 3. The van der Waals surface area contributed by atoms with E-state index < -0.39 is 11.9 Å². The number of imide groups is 1. The molecular formula is C9H10ClN3O2. The van der Waals surface area contributed by atoms with Gasteiger partial charge in [-0.25, -0.2) is 4.79 Å². The van der Waals surface area contributed by atoms with Gasteiger partial charge in [0.05, 0.1) is 17.3 Å². The summed E-state index contributed by atoms with van der Waals surface area (Å²) in [6.45, 7) is -0.0628. The van der Waals surface area contributed by atoms with Gasteiger partial charge in [0.15, 0.2) is 0 Å². The van der Waals surface area contributed by atoms with Crippen LogP contribution in [0.2, 0.25) is 5.02 Å². The predicted molar refractivity (Wildman–Crippen MR) is 57.7 cm³/mol. The first-order valence-electron chi connectivity index (χ1n) is 4.17. The number of anilines is 1. The molecular weight excluding hydrogens is 218 g/mol. The number of benzene rings is 1. The molecule has 0 radical (unpaired) electrons. The number of carbonyl (C=O) groups excluding carboxylic acids is 2. The van der Waals surface area contributed by atoms with E-state index in [-0.39, 0.29) is 6.54 Å². The monoisotopic (exact) mass is 227 g/mol. The lowest BCUT2D eigenvalue weighted by Crippen LogP contribution is -2.38. The minimum Gasteiger partial charge on any atom is -0.375 e. The summed E-state index contributed by atoms with van der Waals surface area (Å²) in [5, 5.41) is 5.20. The van der Waals surface area contributed by atoms with E-state index in [1.165, 1.54) is 0 Å². The molecule has 0 unspecified atom stereocenters. The fourth-order valence-electron chi connectivity index (χ4n) is 0.962. The largest absolute Gasteiger partial charge is 0.375 e. The number of hydrogen-bond acceptors (Lipinski definition) is 3. The summed E-state index contributed by atoms with van der Waals surface area (Å²) >= 11 is 5.83. The van der Waals surface area contributed by atoms with Gasteiger partial charge in [0.2, 0.25) is 5.91 Å². The molecule has 0 fully saturated rings. The van der Waals surface area contributed by atoms with E-state index in [2.05, 4.69) is 5.32 Å². The number of halogens is 1. The smallest absolute Gasteiger partial charge is 0.318 e. The topological polar surface area (TPSA) is 84.2 Å². The highest BCUT2D eigenvalue weighted by Gasteiger charge is 2.04. The molecule has 0 aliphatic heterocycles. The minimum absolute atomic E-state index is 0.0628. The van der Waals surface area contributed by atoms with Gasteiger partial charge in [0, 0.05) is 0 Å². The molecule has 5 nitrogen and oxygen atoms in total. The van der Waals surface area contributed by atoms with E-state index in [0.29, 0.717) is 10.7 Å². The van der Waals surface area contributed by atoms with Gasteiger partial charge >= 0.3 is 6.03 Å². The van der Waals surface area contributed by atoms with Crippen molar-refractivity contribution >= 4 is 29.2 Å². The number of para-hydroxylation sites is 1. The quantitative estimate of drug-likeness (QED) is 0.719. The van der Waals surface area contributed by atoms with Gasteiger partial charge in [-0.1, -0.05) is 23.7 Å². The Bertz CT molecular complexity index is 381. The second kappa shape index (κ2) is 5.21. The second-order valence-corrected chi connectivity index (χ2v) is 3.15. The van der Waals surface area contributed by atoms with Crippen LogP contribution in [0.25, 0.3) is 0 Å². The Balaban J connectivity index is 2.47. The zero-order chi connectivity index (χ0) is 11.3. The van der Waals surface area contributed by atoms with Gasteiger partial charge in [0.25, 0.3) is 0 Å². The highest BCUT2D eigenvalue weighted by atomic mass is 35.5. The van der Waals surface area contributed by atoms with Crippen molar-refractivity contribution in [2.45, 2.75) is 0 Å². The van der Waals surface area contributed by atoms with E-state index in [9.17, 15) is 9.59 Å². The van der Waals surface area contributed by atoms with Crippen LogP contribution in [0.3, 0.4) is 0 Å². The summed E-state index contributed by atoms with van der Waals surface area (Å²) in [6, 6.07) is 6.09. The summed E-state index contributed by atoms with van der Waals surface area (Å²) in [7, 11) is 0. The van der Waals surface area contributed by atoms with Crippen molar-refractivity contribution in [3.8, 4) is 0 Å². The molecule has 0 aromatic heterocycles. The number of rotatable bonds is 3. The molecule has 6 heteroatoms. The number of hydrogen-bond donors (Lipinski definition) is 3. The highest BCUT2D eigenvalue weighted by Crippen LogP contribution is 2.19. The summed E-state index contributed by atoms with van der Waals surface area (Å²) < 4.78 is 0. The Morgan fingerprint density at radius 2 is 2.00 bits per heavy atom. The first kappa shape index (κ1) is 11.3. The number of nitrogens with two attached hydrogens (primary N) is 1. The van der Waals surface area contributed by atoms with Crippen molar-refractivity contribution < 1.29 is 9.59 Å². The third-order valence-electron chi connectivity index (χ3n) is 1.58. The summed E-state index contributed by atoms with van der Waals surface area (Å²) in [6.07, 6.45) is 0. The Kier molecular flexibility index (Phi) is 3.93. The lowest BCUT2D eigenvalue weighted by Gasteiger charge is -2.06. The van der Waals surface area contributed by atoms with E-state index >= 15 is 0 Å². The second-order valence-electron chi connectivity index (χ2n) is 2.75. The van der Waals surface area contributed by atoms with Crippen molar-refractivity contribution in [2.24, 2.45) is 5.73 Å². The maximum absolute atomic E-state index is 11.0. The summed E-state index contributed by atoms with van der Waals surface area (Å²) in [4.78, 5) is 21.3. The molecule has 0 saturated heterocycles. The molecule has 0 saturated carbocycles. The van der Waals surface area contributed by atoms with Crippen LogP contribution in [0, 0.1) is 0 Å². The lowest BCUT2D eigenvalue weighted by molar-refractivity contribution is -0.118. The molecule has 1 aromatic carbocycles. The van der Waals surface area contributed by atoms with E-state index in [0.717, 1.165) is 0 Å². The number of carbonyl (C=O) groups is 2. The Morgan fingerprint density at radius 3 is 2.60 bits per heavy atom. The van der Waals surface area contributed by atoms with Crippen LogP contribution in [0.1, 0.15) is 0 Å². The third kappa shape index (κ3) is 3.86. The fourth-order valence-corrected chi connectivity index (χ4v) is 1.16. The molecule has 1 rings (SSSR count). The zero-order valence-corrected chi connectivity index (χ0v) is 8.54. The SMILES string of the molecule is NC(=O)NC(=O)CNc1ccccc1Cl. The maximum atomic E-state index is 11.0. The number of primary amides is 1. The molecule has 4 N–H and O–H groups in total. The van der Waals surface area contributed by atoms with Gasteiger partial charge in [-0.3, -0.25) is 10.1 Å². The standard InChI is InChI=1S/C9H10ClN3O2/c10-6-3-1-2-4-7(6)12-5-8(14)13-9(11)15/h1-4,12H,5H2,(H3,11,13,14,15). The molecule has 0 aliphatic rings. The number of urea groups is 1. The molecule has 0 bridgehead atoms. The van der Waals surface area contributed by atoms with Crippen molar-refractivity contribution in [3.63, 3.8) is 0 Å². The van der Waals surface area contributed by atoms with Crippen molar-refractivity contribution in [1.29, 1.82) is 0 Å². The molecule has 80 valence electrons. The third-order valence-corrected chi connectivity index (χ3v) is 1.91.